The molecule has 216 valence electrons. The van der Waals surface area contributed by atoms with Gasteiger partial charge in [0.25, 0.3) is 5.91 Å². The molecule has 1 aromatic heterocycles. The number of aliphatic imine (C=N–C) groups is 1. The minimum absolute atomic E-state index is 0. The molecule has 4 aromatic rings. The third-order valence-corrected chi connectivity index (χ3v) is 7.42. The van der Waals surface area contributed by atoms with Gasteiger partial charge in [-0.2, -0.15) is 0 Å². The molecule has 6 rings (SSSR count). The monoisotopic (exact) mass is 588 g/mol. The van der Waals surface area contributed by atoms with Crippen molar-refractivity contribution in [1.82, 2.24) is 20.2 Å². The number of fused-ring (bicyclic) bond motifs is 3. The fourth-order valence-electron chi connectivity index (χ4n) is 5.40. The number of aromatic nitrogens is 2. The van der Waals surface area contributed by atoms with Crippen LogP contribution in [-0.2, 0) is 6.54 Å². The summed E-state index contributed by atoms with van der Waals surface area (Å²) < 4.78 is 28.4. The van der Waals surface area contributed by atoms with E-state index in [1.165, 1.54) is 12.1 Å². The first-order chi connectivity index (χ1) is 19.7. The Morgan fingerprint density at radius 2 is 1.69 bits per heavy atom. The maximum Gasteiger partial charge on any atom is 0.253 e. The molecule has 2 aliphatic heterocycles. The minimum Gasteiger partial charge on any atom is -0.336 e. The lowest BCUT2D eigenvalue weighted by molar-refractivity contribution is 0.0674. The maximum atomic E-state index is 14.8. The average Bonchev–Trinajstić information content (AvgIpc) is 3.09. The molecule has 42 heavy (non-hydrogen) atoms. The van der Waals surface area contributed by atoms with E-state index in [0.717, 1.165) is 17.3 Å². The fourth-order valence-corrected chi connectivity index (χ4v) is 5.57. The lowest BCUT2D eigenvalue weighted by Crippen LogP contribution is -2.55. The third kappa shape index (κ3) is 5.89. The van der Waals surface area contributed by atoms with Crippen LogP contribution in [0.3, 0.4) is 0 Å². The molecule has 10 heteroatoms. The van der Waals surface area contributed by atoms with Gasteiger partial charge in [0.05, 0.1) is 18.0 Å². The lowest BCUT2D eigenvalue weighted by atomic mass is 9.95. The van der Waals surface area contributed by atoms with E-state index in [1.807, 2.05) is 23.1 Å². The molecule has 2 unspecified atom stereocenters. The molecule has 3 aromatic carbocycles. The standard InChI is InChI=1S/C31H27ClF2N6O.CH4/c1-17-15-40(16-18(2)37-17)30(41)19-3-7-23(8-4-19)38-31-36-14-20-13-35-29(25-10-6-22(33)12-27(25)34)26-11-21(32)5-9-24(26)28(20)39-31;/h3-12,14,17-18,37H,13,15-16H2,1-2H3,(H,36,38,39);1H4. The number of benzene rings is 3. The van der Waals surface area contributed by atoms with Crippen molar-refractivity contribution < 1.29 is 13.6 Å². The van der Waals surface area contributed by atoms with Crippen molar-refractivity contribution >= 4 is 34.9 Å². The van der Waals surface area contributed by atoms with Gasteiger partial charge in [0.2, 0.25) is 5.95 Å². The van der Waals surface area contributed by atoms with Gasteiger partial charge in [-0.05, 0) is 62.4 Å². The van der Waals surface area contributed by atoms with Crippen LogP contribution in [0.2, 0.25) is 5.02 Å². The van der Waals surface area contributed by atoms with Crippen LogP contribution in [0.25, 0.3) is 11.3 Å². The molecule has 0 aliphatic carbocycles. The van der Waals surface area contributed by atoms with E-state index in [4.69, 9.17) is 16.6 Å². The summed E-state index contributed by atoms with van der Waals surface area (Å²) in [5.41, 5.74) is 4.54. The molecular weight excluding hydrogens is 558 g/mol. The smallest absolute Gasteiger partial charge is 0.253 e. The SMILES string of the molecule is C.CC1CN(C(=O)c2ccc(Nc3ncc4c(n3)-c3ccc(Cl)cc3C(c3ccc(F)cc3F)=NC4)cc2)CC(C)N1. The zero-order chi connectivity index (χ0) is 28.7. The highest BCUT2D eigenvalue weighted by molar-refractivity contribution is 6.31. The first-order valence-corrected chi connectivity index (χ1v) is 13.7. The van der Waals surface area contributed by atoms with Crippen molar-refractivity contribution in [2.45, 2.75) is 39.9 Å². The number of nitrogens with one attached hydrogen (secondary N) is 2. The van der Waals surface area contributed by atoms with Gasteiger partial charge in [-0.3, -0.25) is 9.79 Å². The van der Waals surface area contributed by atoms with Crippen LogP contribution < -0.4 is 10.6 Å². The van der Waals surface area contributed by atoms with Crippen LogP contribution in [0.15, 0.2) is 71.9 Å². The molecule has 0 bridgehead atoms. The normalized spacial score (nSPS) is 17.7. The van der Waals surface area contributed by atoms with Gasteiger partial charge in [0.15, 0.2) is 0 Å². The van der Waals surface area contributed by atoms with Gasteiger partial charge in [-0.1, -0.05) is 25.1 Å². The summed E-state index contributed by atoms with van der Waals surface area (Å²) in [5, 5.41) is 7.11. The molecule has 1 amide bonds. The van der Waals surface area contributed by atoms with Gasteiger partial charge in [0.1, 0.15) is 11.6 Å². The summed E-state index contributed by atoms with van der Waals surface area (Å²) in [7, 11) is 0. The number of anilines is 2. The van der Waals surface area contributed by atoms with Gasteiger partial charge >= 0.3 is 0 Å². The second-order valence-electron chi connectivity index (χ2n) is 10.4. The molecule has 0 saturated carbocycles. The number of halogens is 3. The number of carbonyl (C=O) groups is 1. The predicted molar refractivity (Wildman–Crippen MR) is 163 cm³/mol. The first-order valence-electron chi connectivity index (χ1n) is 13.3. The fraction of sp³-hybridized carbons (Fsp3) is 0.250. The quantitative estimate of drug-likeness (QED) is 0.280. The second-order valence-corrected chi connectivity index (χ2v) is 10.9. The van der Waals surface area contributed by atoms with Crippen LogP contribution in [0.4, 0.5) is 20.4 Å². The molecule has 2 N–H and O–H groups in total. The van der Waals surface area contributed by atoms with Crippen LogP contribution in [0.5, 0.6) is 0 Å². The number of piperazine rings is 1. The highest BCUT2D eigenvalue weighted by Gasteiger charge is 2.26. The Kier molecular flexibility index (Phi) is 8.34. The minimum atomic E-state index is -0.711. The number of hydrogen-bond acceptors (Lipinski definition) is 6. The van der Waals surface area contributed by atoms with Gasteiger partial charge in [-0.15, -0.1) is 0 Å². The Balaban J connectivity index is 0.00000353. The van der Waals surface area contributed by atoms with Crippen LogP contribution in [0, 0.1) is 11.6 Å². The first kappa shape index (κ1) is 29.3. The van der Waals surface area contributed by atoms with E-state index in [1.54, 1.807) is 30.5 Å². The summed E-state index contributed by atoms with van der Waals surface area (Å²) in [4.78, 5) is 28.8. The Morgan fingerprint density at radius 1 is 0.976 bits per heavy atom. The number of hydrogen-bond donors (Lipinski definition) is 2. The Hall–Kier alpha value is -4.21. The van der Waals surface area contributed by atoms with E-state index >= 15 is 0 Å². The molecule has 0 radical (unpaired) electrons. The van der Waals surface area contributed by atoms with Crippen LogP contribution in [0.1, 0.15) is 48.3 Å². The zero-order valence-corrected chi connectivity index (χ0v) is 23.2. The van der Waals surface area contributed by atoms with E-state index in [-0.39, 0.29) is 37.5 Å². The van der Waals surface area contributed by atoms with Crippen LogP contribution >= 0.6 is 11.6 Å². The number of rotatable bonds is 4. The topological polar surface area (TPSA) is 82.5 Å². The number of nitrogens with zero attached hydrogens (tertiary/aromatic N) is 4. The summed E-state index contributed by atoms with van der Waals surface area (Å²) in [6.45, 7) is 5.68. The average molecular weight is 589 g/mol. The van der Waals surface area contributed by atoms with Crippen molar-refractivity contribution in [2.24, 2.45) is 4.99 Å². The number of carbonyl (C=O) groups excluding carboxylic acids is 1. The highest BCUT2D eigenvalue weighted by atomic mass is 35.5. The molecule has 2 atom stereocenters. The molecule has 1 fully saturated rings. The molecule has 3 heterocycles. The van der Waals surface area contributed by atoms with Gasteiger partial charge < -0.3 is 15.5 Å². The van der Waals surface area contributed by atoms with E-state index < -0.39 is 11.6 Å². The summed E-state index contributed by atoms with van der Waals surface area (Å²) >= 11 is 6.33. The molecule has 2 aliphatic rings. The Labute approximate surface area is 248 Å². The van der Waals surface area contributed by atoms with Crippen molar-refractivity contribution in [2.75, 3.05) is 18.4 Å². The molecule has 7 nitrogen and oxygen atoms in total. The van der Waals surface area contributed by atoms with Gasteiger partial charge in [-0.25, -0.2) is 18.7 Å². The lowest BCUT2D eigenvalue weighted by Gasteiger charge is -2.36. The summed E-state index contributed by atoms with van der Waals surface area (Å²) in [6.07, 6.45) is 1.68. The zero-order valence-electron chi connectivity index (χ0n) is 22.5. The van der Waals surface area contributed by atoms with Crippen molar-refractivity contribution in [3.63, 3.8) is 0 Å². The predicted octanol–water partition coefficient (Wildman–Crippen LogP) is 6.63. The summed E-state index contributed by atoms with van der Waals surface area (Å²) in [6, 6.07) is 16.4. The van der Waals surface area contributed by atoms with Crippen molar-refractivity contribution in [3.8, 4) is 11.3 Å². The Bertz CT molecular complexity index is 1670. The van der Waals surface area contributed by atoms with Crippen molar-refractivity contribution in [1.29, 1.82) is 0 Å². The third-order valence-electron chi connectivity index (χ3n) is 7.18. The maximum absolute atomic E-state index is 14.8. The molecular formula is C32H31ClF2N6O. The highest BCUT2D eigenvalue weighted by Crippen LogP contribution is 2.34. The van der Waals surface area contributed by atoms with E-state index in [0.29, 0.717) is 52.2 Å². The van der Waals surface area contributed by atoms with E-state index in [2.05, 4.69) is 34.5 Å². The van der Waals surface area contributed by atoms with Gasteiger partial charge in [0, 0.05) is 76.0 Å². The largest absolute Gasteiger partial charge is 0.336 e. The molecule has 1 saturated heterocycles. The summed E-state index contributed by atoms with van der Waals surface area (Å²) in [5.74, 6) is -1.02. The van der Waals surface area contributed by atoms with E-state index in [9.17, 15) is 13.6 Å². The molecule has 0 spiro atoms. The second kappa shape index (κ2) is 12.0. The van der Waals surface area contributed by atoms with Crippen LogP contribution in [-0.4, -0.2) is 51.7 Å². The Morgan fingerprint density at radius 3 is 2.40 bits per heavy atom. The number of amides is 1. The van der Waals surface area contributed by atoms with Crippen molar-refractivity contribution in [3.05, 3.63) is 106 Å².